The minimum Gasteiger partial charge on any atom is -0.339 e. The van der Waals surface area contributed by atoms with Crippen molar-refractivity contribution >= 4 is 5.95 Å². The van der Waals surface area contributed by atoms with Gasteiger partial charge in [0.2, 0.25) is 5.89 Å². The molecule has 0 amide bonds. The lowest BCUT2D eigenvalue weighted by Gasteiger charge is -2.17. The lowest BCUT2D eigenvalue weighted by Crippen LogP contribution is -2.32. The van der Waals surface area contributed by atoms with Gasteiger partial charge in [0.25, 0.3) is 5.95 Å². The Labute approximate surface area is 104 Å². The predicted octanol–water partition coefficient (Wildman–Crippen LogP) is 1.70. The molecule has 0 bridgehead atoms. The highest BCUT2D eigenvalue weighted by Gasteiger charge is 2.17. The standard InChI is InChI=1S/C12H24N4O/c1-6-16(7-2)12-14-11(17-15-12)8-10(13-5)9(3)4/h9-10,13H,6-8H2,1-5H3. The molecule has 0 saturated heterocycles. The monoisotopic (exact) mass is 240 g/mol. The van der Waals surface area contributed by atoms with Crippen molar-refractivity contribution in [1.82, 2.24) is 15.5 Å². The van der Waals surface area contributed by atoms with Crippen molar-refractivity contribution in [1.29, 1.82) is 0 Å². The molecule has 1 aromatic rings. The van der Waals surface area contributed by atoms with E-state index in [4.69, 9.17) is 4.52 Å². The van der Waals surface area contributed by atoms with Crippen molar-refractivity contribution in [3.8, 4) is 0 Å². The third-order valence-electron chi connectivity index (χ3n) is 3.07. The summed E-state index contributed by atoms with van der Waals surface area (Å²) in [5, 5.41) is 7.29. The van der Waals surface area contributed by atoms with Gasteiger partial charge in [-0.1, -0.05) is 13.8 Å². The van der Waals surface area contributed by atoms with Crippen molar-refractivity contribution in [2.24, 2.45) is 5.92 Å². The van der Waals surface area contributed by atoms with E-state index < -0.39 is 0 Å². The molecule has 5 heteroatoms. The summed E-state index contributed by atoms with van der Waals surface area (Å²) < 4.78 is 5.29. The van der Waals surface area contributed by atoms with E-state index in [1.165, 1.54) is 0 Å². The smallest absolute Gasteiger partial charge is 0.266 e. The molecule has 0 spiro atoms. The van der Waals surface area contributed by atoms with Crippen LogP contribution in [0.1, 0.15) is 33.6 Å². The van der Waals surface area contributed by atoms with Crippen molar-refractivity contribution in [3.05, 3.63) is 5.89 Å². The molecule has 0 fully saturated rings. The Balaban J connectivity index is 2.67. The van der Waals surface area contributed by atoms with Crippen molar-refractivity contribution in [3.63, 3.8) is 0 Å². The number of rotatable bonds is 7. The predicted molar refractivity (Wildman–Crippen MR) is 69.2 cm³/mol. The largest absolute Gasteiger partial charge is 0.339 e. The first-order valence-electron chi connectivity index (χ1n) is 6.37. The molecule has 0 saturated carbocycles. The molecule has 0 aliphatic rings. The second kappa shape index (κ2) is 6.59. The van der Waals surface area contributed by atoms with Crippen LogP contribution in [0.5, 0.6) is 0 Å². The minimum atomic E-state index is 0.375. The number of likely N-dealkylation sites (N-methyl/N-ethyl adjacent to an activating group) is 1. The Morgan fingerprint density at radius 1 is 1.29 bits per heavy atom. The van der Waals surface area contributed by atoms with Crippen LogP contribution < -0.4 is 10.2 Å². The molecular formula is C12H24N4O. The molecular weight excluding hydrogens is 216 g/mol. The van der Waals surface area contributed by atoms with E-state index in [1.807, 2.05) is 7.05 Å². The van der Waals surface area contributed by atoms with E-state index in [9.17, 15) is 0 Å². The van der Waals surface area contributed by atoms with Gasteiger partial charge in [0, 0.05) is 25.6 Å². The minimum absolute atomic E-state index is 0.375. The highest BCUT2D eigenvalue weighted by molar-refractivity contribution is 5.26. The summed E-state index contributed by atoms with van der Waals surface area (Å²) in [5.41, 5.74) is 0. The van der Waals surface area contributed by atoms with Crippen LogP contribution in [0.25, 0.3) is 0 Å². The maximum absolute atomic E-state index is 5.29. The lowest BCUT2D eigenvalue weighted by molar-refractivity contribution is 0.335. The van der Waals surface area contributed by atoms with Gasteiger partial charge in [0.1, 0.15) is 0 Å². The number of aromatic nitrogens is 2. The lowest BCUT2D eigenvalue weighted by atomic mass is 10.0. The van der Waals surface area contributed by atoms with Crippen LogP contribution in [0.15, 0.2) is 4.52 Å². The first-order chi connectivity index (χ1) is 8.12. The van der Waals surface area contributed by atoms with E-state index >= 15 is 0 Å². The Bertz CT molecular complexity index is 320. The fourth-order valence-corrected chi connectivity index (χ4v) is 1.82. The van der Waals surface area contributed by atoms with Gasteiger partial charge in [-0.05, 0) is 32.0 Å². The molecule has 1 rings (SSSR count). The molecule has 5 nitrogen and oxygen atoms in total. The average molecular weight is 240 g/mol. The molecule has 98 valence electrons. The van der Waals surface area contributed by atoms with E-state index in [-0.39, 0.29) is 0 Å². The van der Waals surface area contributed by atoms with Gasteiger partial charge in [-0.15, -0.1) is 0 Å². The van der Waals surface area contributed by atoms with Crippen molar-refractivity contribution < 1.29 is 4.52 Å². The molecule has 1 unspecified atom stereocenters. The Kier molecular flexibility index (Phi) is 5.41. The quantitative estimate of drug-likeness (QED) is 0.786. The summed E-state index contributed by atoms with van der Waals surface area (Å²) in [6, 6.07) is 0.375. The summed E-state index contributed by atoms with van der Waals surface area (Å²) in [6.45, 7) is 10.3. The zero-order chi connectivity index (χ0) is 12.8. The average Bonchev–Trinajstić information content (AvgIpc) is 2.76. The first-order valence-corrected chi connectivity index (χ1v) is 6.37. The fourth-order valence-electron chi connectivity index (χ4n) is 1.82. The Morgan fingerprint density at radius 3 is 2.41 bits per heavy atom. The molecule has 0 aliphatic carbocycles. The number of hydrogen-bond acceptors (Lipinski definition) is 5. The zero-order valence-corrected chi connectivity index (χ0v) is 11.5. The van der Waals surface area contributed by atoms with Crippen molar-refractivity contribution in [2.75, 3.05) is 25.0 Å². The third-order valence-corrected chi connectivity index (χ3v) is 3.07. The van der Waals surface area contributed by atoms with Gasteiger partial charge in [0.15, 0.2) is 0 Å². The van der Waals surface area contributed by atoms with Crippen LogP contribution in [-0.4, -0.2) is 36.3 Å². The van der Waals surface area contributed by atoms with E-state index in [0.29, 0.717) is 23.8 Å². The molecule has 0 radical (unpaired) electrons. The topological polar surface area (TPSA) is 54.2 Å². The first kappa shape index (κ1) is 14.0. The molecule has 1 atom stereocenters. The van der Waals surface area contributed by atoms with Gasteiger partial charge < -0.3 is 14.7 Å². The van der Waals surface area contributed by atoms with E-state index in [2.05, 4.69) is 48.1 Å². The number of nitrogens with zero attached hydrogens (tertiary/aromatic N) is 3. The molecule has 0 aliphatic heterocycles. The zero-order valence-electron chi connectivity index (χ0n) is 11.5. The van der Waals surface area contributed by atoms with E-state index in [1.54, 1.807) is 0 Å². The molecule has 0 aromatic carbocycles. The van der Waals surface area contributed by atoms with Crippen LogP contribution in [0, 0.1) is 5.92 Å². The van der Waals surface area contributed by atoms with E-state index in [0.717, 1.165) is 19.5 Å². The van der Waals surface area contributed by atoms with Crippen LogP contribution in [-0.2, 0) is 6.42 Å². The Morgan fingerprint density at radius 2 is 1.94 bits per heavy atom. The molecule has 1 N–H and O–H groups in total. The summed E-state index contributed by atoms with van der Waals surface area (Å²) in [5.74, 6) is 1.95. The van der Waals surface area contributed by atoms with Crippen LogP contribution in [0.2, 0.25) is 0 Å². The fraction of sp³-hybridized carbons (Fsp3) is 0.833. The molecule has 17 heavy (non-hydrogen) atoms. The maximum atomic E-state index is 5.29. The van der Waals surface area contributed by atoms with Crippen LogP contribution >= 0.6 is 0 Å². The van der Waals surface area contributed by atoms with Gasteiger partial charge in [-0.3, -0.25) is 0 Å². The summed E-state index contributed by atoms with van der Waals surface area (Å²) in [6.07, 6.45) is 0.780. The summed E-state index contributed by atoms with van der Waals surface area (Å²) in [7, 11) is 1.96. The number of anilines is 1. The second-order valence-corrected chi connectivity index (χ2v) is 4.50. The van der Waals surface area contributed by atoms with Gasteiger partial charge in [0.05, 0.1) is 0 Å². The molecule has 1 heterocycles. The Hall–Kier alpha value is -1.10. The second-order valence-electron chi connectivity index (χ2n) is 4.50. The van der Waals surface area contributed by atoms with Crippen molar-refractivity contribution in [2.45, 2.75) is 40.2 Å². The van der Waals surface area contributed by atoms with Gasteiger partial charge >= 0.3 is 0 Å². The number of nitrogens with one attached hydrogen (secondary N) is 1. The van der Waals surface area contributed by atoms with Gasteiger partial charge in [-0.25, -0.2) is 0 Å². The van der Waals surface area contributed by atoms with Gasteiger partial charge in [-0.2, -0.15) is 4.98 Å². The highest BCUT2D eigenvalue weighted by atomic mass is 16.5. The normalized spacial score (nSPS) is 13.1. The highest BCUT2D eigenvalue weighted by Crippen LogP contribution is 2.12. The van der Waals surface area contributed by atoms with Crippen LogP contribution in [0.3, 0.4) is 0 Å². The maximum Gasteiger partial charge on any atom is 0.266 e. The summed E-state index contributed by atoms with van der Waals surface area (Å²) in [4.78, 5) is 6.51. The third kappa shape index (κ3) is 3.70. The number of hydrogen-bond donors (Lipinski definition) is 1. The summed E-state index contributed by atoms with van der Waals surface area (Å²) >= 11 is 0. The molecule has 1 aromatic heterocycles. The van der Waals surface area contributed by atoms with Crippen LogP contribution in [0.4, 0.5) is 5.95 Å². The SMILES string of the molecule is CCN(CC)c1noc(CC(NC)C(C)C)n1.